The summed E-state index contributed by atoms with van der Waals surface area (Å²) >= 11 is 3.60. The number of aliphatic hydroxyl groups excluding tert-OH is 1. The Balaban J connectivity index is 1.85. The molecule has 4 heteroatoms. The number of hydrogen-bond donors (Lipinski definition) is 2. The molecule has 0 aromatic heterocycles. The molecule has 0 fully saturated rings. The molecule has 0 bridgehead atoms. The van der Waals surface area contributed by atoms with Gasteiger partial charge in [-0.3, -0.25) is 0 Å². The molecule has 2 unspecified atom stereocenters. The van der Waals surface area contributed by atoms with Gasteiger partial charge in [-0.25, -0.2) is 0 Å². The zero-order chi connectivity index (χ0) is 13.0. The van der Waals surface area contributed by atoms with Gasteiger partial charge in [-0.15, -0.1) is 0 Å². The summed E-state index contributed by atoms with van der Waals surface area (Å²) in [5, 5.41) is 13.1. The summed E-state index contributed by atoms with van der Waals surface area (Å²) in [5.41, 5.74) is 2.82. The maximum atomic E-state index is 9.59. The highest BCUT2D eigenvalue weighted by Gasteiger charge is 2.23. The number of nitrogens with one attached hydrogen (secondary N) is 1. The van der Waals surface area contributed by atoms with Crippen molar-refractivity contribution in [3.05, 3.63) is 33.8 Å². The van der Waals surface area contributed by atoms with Gasteiger partial charge in [0.25, 0.3) is 0 Å². The average molecular weight is 314 g/mol. The van der Waals surface area contributed by atoms with E-state index in [-0.39, 0.29) is 6.10 Å². The van der Waals surface area contributed by atoms with Crippen LogP contribution in [0.4, 0.5) is 0 Å². The molecule has 0 radical (unpaired) electrons. The zero-order valence-corrected chi connectivity index (χ0v) is 12.2. The highest BCUT2D eigenvalue weighted by molar-refractivity contribution is 9.10. The Hall–Kier alpha value is -0.420. The van der Waals surface area contributed by atoms with Crippen molar-refractivity contribution in [2.24, 2.45) is 0 Å². The first kappa shape index (κ1) is 14.0. The number of ether oxygens (including phenoxy) is 1. The summed E-state index contributed by atoms with van der Waals surface area (Å²) in [7, 11) is 1.61. The van der Waals surface area contributed by atoms with Crippen molar-refractivity contribution >= 4 is 15.9 Å². The van der Waals surface area contributed by atoms with Gasteiger partial charge in [-0.2, -0.15) is 0 Å². The van der Waals surface area contributed by atoms with E-state index < -0.39 is 0 Å². The molecular formula is C14H20BrNO2. The third kappa shape index (κ3) is 3.32. The molecule has 3 nitrogen and oxygen atoms in total. The van der Waals surface area contributed by atoms with E-state index in [4.69, 9.17) is 4.74 Å². The van der Waals surface area contributed by atoms with Crippen molar-refractivity contribution < 1.29 is 9.84 Å². The predicted octanol–water partition coefficient (Wildman–Crippen LogP) is 2.42. The molecule has 0 saturated carbocycles. The second kappa shape index (κ2) is 6.66. The Morgan fingerprint density at radius 2 is 2.39 bits per heavy atom. The second-order valence-corrected chi connectivity index (χ2v) is 5.61. The molecule has 1 aliphatic rings. The summed E-state index contributed by atoms with van der Waals surface area (Å²) in [4.78, 5) is 0. The number of fused-ring (bicyclic) bond motifs is 1. The van der Waals surface area contributed by atoms with Crippen molar-refractivity contribution in [3.8, 4) is 0 Å². The number of rotatable bonds is 6. The Labute approximate surface area is 117 Å². The van der Waals surface area contributed by atoms with Crippen LogP contribution in [0.15, 0.2) is 22.7 Å². The van der Waals surface area contributed by atoms with Gasteiger partial charge in [-0.1, -0.05) is 28.1 Å². The number of aliphatic hydroxyl groups is 1. The van der Waals surface area contributed by atoms with Gasteiger partial charge in [0.15, 0.2) is 0 Å². The molecule has 100 valence electrons. The van der Waals surface area contributed by atoms with E-state index >= 15 is 0 Å². The lowest BCUT2D eigenvalue weighted by Gasteiger charge is -2.16. The molecular weight excluding hydrogens is 294 g/mol. The van der Waals surface area contributed by atoms with Crippen LogP contribution in [-0.4, -0.2) is 31.5 Å². The fourth-order valence-corrected chi connectivity index (χ4v) is 3.10. The largest absolute Gasteiger partial charge is 0.391 e. The van der Waals surface area contributed by atoms with E-state index in [1.165, 1.54) is 15.6 Å². The highest BCUT2D eigenvalue weighted by atomic mass is 79.9. The van der Waals surface area contributed by atoms with Gasteiger partial charge in [0, 0.05) is 17.6 Å². The molecule has 1 aliphatic carbocycles. The van der Waals surface area contributed by atoms with Crippen LogP contribution < -0.4 is 5.32 Å². The zero-order valence-electron chi connectivity index (χ0n) is 10.7. The van der Waals surface area contributed by atoms with Crippen molar-refractivity contribution in [1.82, 2.24) is 5.32 Å². The number of halogens is 1. The summed E-state index contributed by atoms with van der Waals surface area (Å²) < 4.78 is 6.13. The Bertz CT molecular complexity index is 397. The van der Waals surface area contributed by atoms with E-state index in [0.29, 0.717) is 12.6 Å². The van der Waals surface area contributed by atoms with E-state index in [0.717, 1.165) is 25.8 Å². The van der Waals surface area contributed by atoms with Gasteiger partial charge >= 0.3 is 0 Å². The van der Waals surface area contributed by atoms with Crippen molar-refractivity contribution in [3.63, 3.8) is 0 Å². The fraction of sp³-hybridized carbons (Fsp3) is 0.571. The minimum atomic E-state index is -0.370. The van der Waals surface area contributed by atoms with Crippen molar-refractivity contribution in [2.75, 3.05) is 20.3 Å². The molecule has 2 rings (SSSR count). The Kier molecular flexibility index (Phi) is 5.18. The normalized spacial score (nSPS) is 19.8. The maximum Gasteiger partial charge on any atom is 0.0785 e. The molecule has 0 saturated heterocycles. The SMILES string of the molecule is COCC(O)CCNC1CCc2c(Br)cccc21. The topological polar surface area (TPSA) is 41.5 Å². The van der Waals surface area contributed by atoms with Crippen LogP contribution in [0, 0.1) is 0 Å². The minimum absolute atomic E-state index is 0.370. The van der Waals surface area contributed by atoms with Crippen LogP contribution in [0.2, 0.25) is 0 Å². The maximum absolute atomic E-state index is 9.59. The number of benzene rings is 1. The predicted molar refractivity (Wildman–Crippen MR) is 75.7 cm³/mol. The van der Waals surface area contributed by atoms with Crippen molar-refractivity contribution in [1.29, 1.82) is 0 Å². The van der Waals surface area contributed by atoms with Gasteiger partial charge in [0.2, 0.25) is 0 Å². The van der Waals surface area contributed by atoms with Crippen LogP contribution in [0.25, 0.3) is 0 Å². The van der Waals surface area contributed by atoms with Gasteiger partial charge < -0.3 is 15.2 Å². The Morgan fingerprint density at radius 3 is 3.17 bits per heavy atom. The van der Waals surface area contributed by atoms with Crippen molar-refractivity contribution in [2.45, 2.75) is 31.4 Å². The van der Waals surface area contributed by atoms with E-state index in [2.05, 4.69) is 39.4 Å². The molecule has 18 heavy (non-hydrogen) atoms. The highest BCUT2D eigenvalue weighted by Crippen LogP contribution is 2.35. The fourth-order valence-electron chi connectivity index (χ4n) is 2.52. The van der Waals surface area contributed by atoms with Crippen LogP contribution in [-0.2, 0) is 11.2 Å². The molecule has 1 aromatic rings. The lowest BCUT2D eigenvalue weighted by atomic mass is 10.1. The first-order valence-electron chi connectivity index (χ1n) is 6.40. The lowest BCUT2D eigenvalue weighted by Crippen LogP contribution is -2.25. The van der Waals surface area contributed by atoms with E-state index in [1.807, 2.05) is 0 Å². The standard InChI is InChI=1S/C14H20BrNO2/c1-18-9-10(17)7-8-16-14-6-5-11-12(14)3-2-4-13(11)15/h2-4,10,14,16-17H,5-9H2,1H3. The molecule has 2 atom stereocenters. The van der Waals surface area contributed by atoms with Gasteiger partial charge in [0.1, 0.15) is 0 Å². The van der Waals surface area contributed by atoms with Crippen LogP contribution in [0.3, 0.4) is 0 Å². The first-order valence-corrected chi connectivity index (χ1v) is 7.19. The number of hydrogen-bond acceptors (Lipinski definition) is 3. The van der Waals surface area contributed by atoms with E-state index in [9.17, 15) is 5.11 Å². The molecule has 2 N–H and O–H groups in total. The first-order chi connectivity index (χ1) is 8.72. The summed E-state index contributed by atoms with van der Waals surface area (Å²) in [6.45, 7) is 1.23. The minimum Gasteiger partial charge on any atom is -0.391 e. The monoisotopic (exact) mass is 313 g/mol. The number of methoxy groups -OCH3 is 1. The van der Waals surface area contributed by atoms with Gasteiger partial charge in [0.05, 0.1) is 12.7 Å². The quantitative estimate of drug-likeness (QED) is 0.847. The van der Waals surface area contributed by atoms with Crippen LogP contribution in [0.5, 0.6) is 0 Å². The summed E-state index contributed by atoms with van der Waals surface area (Å²) in [6.07, 6.45) is 2.62. The molecule has 0 spiro atoms. The van der Waals surface area contributed by atoms with E-state index in [1.54, 1.807) is 7.11 Å². The third-order valence-electron chi connectivity index (χ3n) is 3.44. The molecule has 0 aliphatic heterocycles. The lowest BCUT2D eigenvalue weighted by molar-refractivity contribution is 0.0590. The van der Waals surface area contributed by atoms with Crippen LogP contribution >= 0.6 is 15.9 Å². The summed E-state index contributed by atoms with van der Waals surface area (Å²) in [6, 6.07) is 6.80. The second-order valence-electron chi connectivity index (χ2n) is 4.75. The molecule has 1 aromatic carbocycles. The Morgan fingerprint density at radius 1 is 1.56 bits per heavy atom. The molecule has 0 heterocycles. The average Bonchev–Trinajstić information content (AvgIpc) is 2.75. The van der Waals surface area contributed by atoms with Gasteiger partial charge in [-0.05, 0) is 43.0 Å². The summed E-state index contributed by atoms with van der Waals surface area (Å²) in [5.74, 6) is 0. The third-order valence-corrected chi connectivity index (χ3v) is 4.18. The molecule has 0 amide bonds. The van der Waals surface area contributed by atoms with Crippen LogP contribution in [0.1, 0.15) is 30.0 Å². The smallest absolute Gasteiger partial charge is 0.0785 e.